The summed E-state index contributed by atoms with van der Waals surface area (Å²) in [5.74, 6) is -0.175. The molecule has 0 aliphatic carbocycles. The number of carbonyl (C=O) groups is 3. The smallest absolute Gasteiger partial charge is 0.239 e. The molecule has 4 aromatic carbocycles. The topological polar surface area (TPSA) is 124 Å². The molecule has 4 rings (SSSR count). The average molecular weight is 692 g/mol. The van der Waals surface area contributed by atoms with Crippen molar-refractivity contribution in [3.63, 3.8) is 0 Å². The number of nitrogens with two attached hydrogens (primary N) is 1. The molecule has 0 heterocycles. The third-order valence-electron chi connectivity index (χ3n) is 10.4. The first-order valence-electron chi connectivity index (χ1n) is 17.9. The van der Waals surface area contributed by atoms with Crippen molar-refractivity contribution in [1.82, 2.24) is 9.80 Å². The van der Waals surface area contributed by atoms with Gasteiger partial charge in [0, 0.05) is 19.5 Å². The van der Waals surface area contributed by atoms with E-state index >= 15 is 0 Å². The molecule has 2 unspecified atom stereocenters. The van der Waals surface area contributed by atoms with E-state index in [1.807, 2.05) is 118 Å². The highest BCUT2D eigenvalue weighted by Crippen LogP contribution is 2.45. The SMILES string of the molecule is C#CCN(C(=O)CN)C(O)(C(=O)CC(O)CCC(C)C)[C@](C(C)=O)([C@@H](C)CC)N(Cc1cccc2ccccc12)Cc1cccc2ccccc12. The van der Waals surface area contributed by atoms with Crippen LogP contribution in [0.2, 0.25) is 0 Å². The molecule has 4 atom stereocenters. The first-order valence-corrected chi connectivity index (χ1v) is 17.9. The number of aliphatic hydroxyl groups is 2. The van der Waals surface area contributed by atoms with E-state index in [4.69, 9.17) is 12.2 Å². The molecule has 4 N–H and O–H groups in total. The van der Waals surface area contributed by atoms with E-state index in [9.17, 15) is 24.6 Å². The second kappa shape index (κ2) is 17.2. The van der Waals surface area contributed by atoms with Crippen molar-refractivity contribution in [2.45, 2.75) is 90.8 Å². The lowest BCUT2D eigenvalue weighted by atomic mass is 9.67. The van der Waals surface area contributed by atoms with Crippen LogP contribution in [-0.2, 0) is 27.5 Å². The van der Waals surface area contributed by atoms with Crippen molar-refractivity contribution in [3.8, 4) is 12.3 Å². The Hall–Kier alpha value is -4.39. The number of rotatable bonds is 18. The van der Waals surface area contributed by atoms with Gasteiger partial charge < -0.3 is 15.9 Å². The van der Waals surface area contributed by atoms with Gasteiger partial charge in [-0.25, -0.2) is 0 Å². The number of ketones is 2. The predicted octanol–water partition coefficient (Wildman–Crippen LogP) is 6.23. The average Bonchev–Trinajstić information content (AvgIpc) is 3.12. The predicted molar refractivity (Wildman–Crippen MR) is 204 cm³/mol. The molecule has 0 bridgehead atoms. The number of hydrogen-bond donors (Lipinski definition) is 3. The number of hydrogen-bond acceptors (Lipinski definition) is 7. The minimum Gasteiger partial charge on any atom is -0.393 e. The second-order valence-corrected chi connectivity index (χ2v) is 14.1. The van der Waals surface area contributed by atoms with E-state index < -0.39 is 60.3 Å². The van der Waals surface area contributed by atoms with Crippen LogP contribution in [0.5, 0.6) is 0 Å². The van der Waals surface area contributed by atoms with E-state index in [1.54, 1.807) is 0 Å². The summed E-state index contributed by atoms with van der Waals surface area (Å²) in [6, 6.07) is 27.7. The molecule has 270 valence electrons. The van der Waals surface area contributed by atoms with Crippen LogP contribution in [0.3, 0.4) is 0 Å². The Labute approximate surface area is 302 Å². The monoisotopic (exact) mass is 691 g/mol. The Morgan fingerprint density at radius 1 is 0.843 bits per heavy atom. The first-order chi connectivity index (χ1) is 24.4. The lowest BCUT2D eigenvalue weighted by Gasteiger charge is -2.57. The molecule has 0 aliphatic heterocycles. The van der Waals surface area contributed by atoms with Crippen LogP contribution in [0, 0.1) is 24.2 Å². The number of terminal acetylenes is 1. The molecule has 4 aromatic rings. The van der Waals surface area contributed by atoms with E-state index in [0.29, 0.717) is 19.3 Å². The van der Waals surface area contributed by atoms with Gasteiger partial charge in [0.25, 0.3) is 0 Å². The molecule has 51 heavy (non-hydrogen) atoms. The zero-order chi connectivity index (χ0) is 37.3. The van der Waals surface area contributed by atoms with Gasteiger partial charge in [-0.3, -0.25) is 24.2 Å². The van der Waals surface area contributed by atoms with Crippen LogP contribution < -0.4 is 5.73 Å². The fraction of sp³-hybridized carbons (Fsp3) is 0.419. The van der Waals surface area contributed by atoms with Gasteiger partial charge in [0.15, 0.2) is 11.6 Å². The molecular weight excluding hydrogens is 638 g/mol. The second-order valence-electron chi connectivity index (χ2n) is 14.1. The number of nitrogens with zero attached hydrogens (tertiary/aromatic N) is 2. The van der Waals surface area contributed by atoms with E-state index in [-0.39, 0.29) is 19.0 Å². The summed E-state index contributed by atoms with van der Waals surface area (Å²) in [7, 11) is 0. The Bertz CT molecular complexity index is 1790. The number of benzene rings is 4. The van der Waals surface area contributed by atoms with Crippen molar-refractivity contribution in [2.24, 2.45) is 17.6 Å². The first kappa shape index (κ1) is 39.4. The van der Waals surface area contributed by atoms with Gasteiger partial charge in [-0.05, 0) is 64.3 Å². The van der Waals surface area contributed by atoms with Crippen molar-refractivity contribution >= 4 is 39.0 Å². The minimum absolute atomic E-state index is 0.126. The van der Waals surface area contributed by atoms with Crippen LogP contribution in [0.4, 0.5) is 0 Å². The molecule has 0 fully saturated rings. The Balaban J connectivity index is 2.10. The summed E-state index contributed by atoms with van der Waals surface area (Å²) in [6.07, 6.45) is 5.49. The lowest BCUT2D eigenvalue weighted by Crippen LogP contribution is -2.80. The highest BCUT2D eigenvalue weighted by atomic mass is 16.3. The molecule has 8 nitrogen and oxygen atoms in total. The van der Waals surface area contributed by atoms with E-state index in [2.05, 4.69) is 5.92 Å². The molecule has 0 radical (unpaired) electrons. The molecular formula is C43H53N3O5. The third-order valence-corrected chi connectivity index (χ3v) is 10.4. The van der Waals surface area contributed by atoms with Crippen LogP contribution in [0.15, 0.2) is 84.9 Å². The largest absolute Gasteiger partial charge is 0.393 e. The Kier molecular flexibility index (Phi) is 13.3. The molecule has 1 amide bonds. The summed E-state index contributed by atoms with van der Waals surface area (Å²) in [5.41, 5.74) is 2.79. The zero-order valence-corrected chi connectivity index (χ0v) is 30.6. The highest BCUT2D eigenvalue weighted by Gasteiger charge is 2.67. The minimum atomic E-state index is -2.81. The van der Waals surface area contributed by atoms with Gasteiger partial charge in [0.05, 0.1) is 19.2 Å². The maximum Gasteiger partial charge on any atom is 0.239 e. The van der Waals surface area contributed by atoms with Crippen LogP contribution in [0.1, 0.15) is 71.4 Å². The van der Waals surface area contributed by atoms with Crippen LogP contribution >= 0.6 is 0 Å². The third kappa shape index (κ3) is 7.93. The standard InChI is InChI=1S/C43H53N3O5/c1-7-25-46(41(50)27-44)43(51,40(49)26-37(48)24-23-30(3)4)42(32(6)47,31(5)8-2)45(28-35-19-13-17-33-15-9-11-21-38(33)35)29-36-20-14-18-34-16-10-12-22-39(34)36/h1,9-22,30-31,37,48,51H,8,23-29,44H2,2-6H3/t31-,37?,42+,43?/m0/s1. The number of carbonyl (C=O) groups excluding carboxylic acids is 3. The van der Waals surface area contributed by atoms with Gasteiger partial charge >= 0.3 is 0 Å². The summed E-state index contributed by atoms with van der Waals surface area (Å²) in [6.45, 7) is 8.30. The molecule has 8 heteroatoms. The van der Waals surface area contributed by atoms with Gasteiger partial charge in [-0.2, -0.15) is 0 Å². The summed E-state index contributed by atoms with van der Waals surface area (Å²) >= 11 is 0. The fourth-order valence-corrected chi connectivity index (χ4v) is 7.70. The maximum atomic E-state index is 15.0. The van der Waals surface area contributed by atoms with Crippen molar-refractivity contribution in [2.75, 3.05) is 13.1 Å². The summed E-state index contributed by atoms with van der Waals surface area (Å²) in [5, 5.41) is 28.5. The van der Waals surface area contributed by atoms with Crippen molar-refractivity contribution < 1.29 is 24.6 Å². The lowest BCUT2D eigenvalue weighted by molar-refractivity contribution is -0.220. The zero-order valence-electron chi connectivity index (χ0n) is 30.6. The van der Waals surface area contributed by atoms with Crippen molar-refractivity contribution in [3.05, 3.63) is 96.1 Å². The number of aliphatic hydroxyl groups excluding tert-OH is 1. The van der Waals surface area contributed by atoms with Crippen molar-refractivity contribution in [1.29, 1.82) is 0 Å². The summed E-state index contributed by atoms with van der Waals surface area (Å²) < 4.78 is 0. The van der Waals surface area contributed by atoms with Gasteiger partial charge in [0.1, 0.15) is 5.54 Å². The normalized spacial score (nSPS) is 15.2. The Morgan fingerprint density at radius 3 is 1.80 bits per heavy atom. The molecule has 0 aliphatic rings. The number of Topliss-reactive ketones (excluding diaryl/α,β-unsaturated/α-hetero) is 2. The molecule has 0 saturated carbocycles. The highest BCUT2D eigenvalue weighted by molar-refractivity contribution is 6.02. The van der Waals surface area contributed by atoms with Crippen LogP contribution in [-0.4, -0.2) is 67.9 Å². The van der Waals surface area contributed by atoms with Crippen LogP contribution in [0.25, 0.3) is 21.5 Å². The van der Waals surface area contributed by atoms with Gasteiger partial charge in [0.2, 0.25) is 11.6 Å². The quantitative estimate of drug-likeness (QED) is 0.0835. The summed E-state index contributed by atoms with van der Waals surface area (Å²) in [4.78, 5) is 46.4. The Morgan fingerprint density at radius 2 is 1.35 bits per heavy atom. The number of fused-ring (bicyclic) bond motifs is 2. The molecule has 0 aromatic heterocycles. The van der Waals surface area contributed by atoms with Gasteiger partial charge in [-0.1, -0.05) is 125 Å². The fourth-order valence-electron chi connectivity index (χ4n) is 7.70. The van der Waals surface area contributed by atoms with E-state index in [0.717, 1.165) is 37.6 Å². The number of amides is 1. The van der Waals surface area contributed by atoms with E-state index in [1.165, 1.54) is 6.92 Å². The maximum absolute atomic E-state index is 15.0. The van der Waals surface area contributed by atoms with Gasteiger partial charge in [-0.15, -0.1) is 6.42 Å². The molecule has 0 saturated heterocycles. The molecule has 0 spiro atoms.